The molecule has 0 amide bonds. The molecule has 4 aromatic rings. The Kier molecular flexibility index (Phi) is 5.46. The van der Waals surface area contributed by atoms with Gasteiger partial charge in [0.25, 0.3) is 0 Å². The third-order valence-corrected chi connectivity index (χ3v) is 6.31. The van der Waals surface area contributed by atoms with Crippen molar-refractivity contribution in [3.63, 3.8) is 0 Å². The highest BCUT2D eigenvalue weighted by Crippen LogP contribution is 2.33. The summed E-state index contributed by atoms with van der Waals surface area (Å²) in [4.78, 5) is 11.3. The lowest BCUT2D eigenvalue weighted by atomic mass is 10.0. The Labute approximate surface area is 193 Å². The van der Waals surface area contributed by atoms with Gasteiger partial charge in [-0.25, -0.2) is 9.97 Å². The number of nitrogens with one attached hydrogen (secondary N) is 1. The van der Waals surface area contributed by atoms with E-state index in [0.29, 0.717) is 29.2 Å². The topological polar surface area (TPSA) is 91.5 Å². The molecule has 5 rings (SSSR count). The Morgan fingerprint density at radius 2 is 1.94 bits per heavy atom. The molecule has 4 heterocycles. The number of piperazine rings is 1. The normalized spacial score (nSPS) is 16.6. The van der Waals surface area contributed by atoms with Crippen LogP contribution in [0.1, 0.15) is 25.1 Å². The number of anilines is 1. The predicted molar refractivity (Wildman–Crippen MR) is 129 cm³/mol. The summed E-state index contributed by atoms with van der Waals surface area (Å²) in [6, 6.07) is 8.11. The van der Waals surface area contributed by atoms with Gasteiger partial charge in [0, 0.05) is 43.6 Å². The highest BCUT2D eigenvalue weighted by molar-refractivity contribution is 5.75. The van der Waals surface area contributed by atoms with Crippen LogP contribution in [0.3, 0.4) is 0 Å². The van der Waals surface area contributed by atoms with E-state index in [4.69, 9.17) is 0 Å². The molecular weight excluding hydrogens is 414 g/mol. The number of rotatable bonds is 4. The molecule has 3 aromatic heterocycles. The van der Waals surface area contributed by atoms with Crippen LogP contribution < -0.4 is 10.2 Å². The zero-order valence-electron chi connectivity index (χ0n) is 19.4. The molecule has 1 fully saturated rings. The minimum Gasteiger partial charge on any atom is -0.507 e. The van der Waals surface area contributed by atoms with Crippen LogP contribution in [0.15, 0.2) is 42.9 Å². The van der Waals surface area contributed by atoms with Crippen LogP contribution in [-0.4, -0.2) is 55.3 Å². The summed E-state index contributed by atoms with van der Waals surface area (Å²) in [6.07, 6.45) is 5.73. The van der Waals surface area contributed by atoms with Crippen molar-refractivity contribution in [2.75, 3.05) is 24.5 Å². The Bertz CT molecular complexity index is 1300. The number of nitrogens with zero attached hydrogens (tertiary/aromatic N) is 6. The minimum absolute atomic E-state index is 0.151. The summed E-state index contributed by atoms with van der Waals surface area (Å²) in [6.45, 7) is 11.1. The first-order valence-electron chi connectivity index (χ1n) is 11.4. The van der Waals surface area contributed by atoms with E-state index >= 15 is 0 Å². The Hall–Kier alpha value is -3.52. The van der Waals surface area contributed by atoms with E-state index in [1.807, 2.05) is 42.8 Å². The standard InChI is InChI=1S/C25H29N7O/c1-15(2)22-14-31(8-7-26-22)25-27-11-21(29-30-25)20-6-5-18(10-23(20)33)19-9-16(3)24-28-17(4)12-32(24)13-19/h5-6,9-13,15,22,26,33H,7-8,14H2,1-4H3/t22-/m1/s1. The van der Waals surface area contributed by atoms with Gasteiger partial charge < -0.3 is 19.7 Å². The van der Waals surface area contributed by atoms with Crippen molar-refractivity contribution in [1.29, 1.82) is 0 Å². The molecule has 0 spiro atoms. The van der Waals surface area contributed by atoms with Gasteiger partial charge in [0.05, 0.1) is 11.9 Å². The van der Waals surface area contributed by atoms with Crippen LogP contribution in [0, 0.1) is 19.8 Å². The number of pyridine rings is 1. The zero-order chi connectivity index (χ0) is 23.1. The summed E-state index contributed by atoms with van der Waals surface area (Å²) < 4.78 is 2.03. The number of phenolic OH excluding ortho intramolecular Hbond substituents is 1. The maximum Gasteiger partial charge on any atom is 0.245 e. The molecule has 170 valence electrons. The SMILES string of the molecule is Cc1cn2cc(-c3ccc(-c4cnc(N5CCN[C@@H](C(C)C)C5)nn4)c(O)c3)cc(C)c2n1. The first kappa shape index (κ1) is 21.3. The molecule has 0 unspecified atom stereocenters. The summed E-state index contributed by atoms with van der Waals surface area (Å²) in [5.74, 6) is 1.32. The van der Waals surface area contributed by atoms with Gasteiger partial charge in [0.1, 0.15) is 17.1 Å². The number of aromatic hydroxyl groups is 1. The molecule has 33 heavy (non-hydrogen) atoms. The number of benzene rings is 1. The molecule has 1 aromatic carbocycles. The maximum atomic E-state index is 10.8. The Balaban J connectivity index is 1.40. The van der Waals surface area contributed by atoms with E-state index in [1.54, 1.807) is 12.3 Å². The van der Waals surface area contributed by atoms with Crippen LogP contribution in [-0.2, 0) is 0 Å². The molecule has 1 atom stereocenters. The number of hydrogen-bond acceptors (Lipinski definition) is 7. The van der Waals surface area contributed by atoms with Crippen molar-refractivity contribution in [3.05, 3.63) is 54.1 Å². The fraction of sp³-hybridized carbons (Fsp3) is 0.360. The molecule has 8 heteroatoms. The second kappa shape index (κ2) is 8.44. The van der Waals surface area contributed by atoms with E-state index in [1.165, 1.54) is 0 Å². The van der Waals surface area contributed by atoms with Crippen LogP contribution in [0.25, 0.3) is 28.0 Å². The second-order valence-electron chi connectivity index (χ2n) is 9.15. The third-order valence-electron chi connectivity index (χ3n) is 6.31. The fourth-order valence-corrected chi connectivity index (χ4v) is 4.42. The summed E-state index contributed by atoms with van der Waals surface area (Å²) >= 11 is 0. The van der Waals surface area contributed by atoms with Crippen molar-refractivity contribution in [3.8, 4) is 28.1 Å². The maximum absolute atomic E-state index is 10.8. The average molecular weight is 444 g/mol. The van der Waals surface area contributed by atoms with Gasteiger partial charge in [-0.2, -0.15) is 0 Å². The molecular formula is C25H29N7O. The molecule has 0 saturated carbocycles. The van der Waals surface area contributed by atoms with Gasteiger partial charge in [0.2, 0.25) is 5.95 Å². The van der Waals surface area contributed by atoms with Crippen molar-refractivity contribution in [2.45, 2.75) is 33.7 Å². The third kappa shape index (κ3) is 4.14. The van der Waals surface area contributed by atoms with E-state index in [9.17, 15) is 5.11 Å². The minimum atomic E-state index is 0.151. The number of imidazole rings is 1. The fourth-order valence-electron chi connectivity index (χ4n) is 4.42. The lowest BCUT2D eigenvalue weighted by molar-refractivity contribution is 0.365. The van der Waals surface area contributed by atoms with Gasteiger partial charge in [-0.15, -0.1) is 10.2 Å². The van der Waals surface area contributed by atoms with Crippen molar-refractivity contribution >= 4 is 11.6 Å². The lowest BCUT2D eigenvalue weighted by Gasteiger charge is -2.35. The van der Waals surface area contributed by atoms with Crippen LogP contribution in [0.2, 0.25) is 0 Å². The average Bonchev–Trinajstić information content (AvgIpc) is 3.20. The van der Waals surface area contributed by atoms with E-state index < -0.39 is 0 Å². The van der Waals surface area contributed by atoms with E-state index in [-0.39, 0.29) is 5.75 Å². The summed E-state index contributed by atoms with van der Waals surface area (Å²) in [5, 5.41) is 23.0. The number of aromatic nitrogens is 5. The predicted octanol–water partition coefficient (Wildman–Crippen LogP) is 3.61. The van der Waals surface area contributed by atoms with Crippen LogP contribution >= 0.6 is 0 Å². The van der Waals surface area contributed by atoms with Crippen molar-refractivity contribution in [1.82, 2.24) is 29.9 Å². The smallest absolute Gasteiger partial charge is 0.245 e. The van der Waals surface area contributed by atoms with Crippen LogP contribution in [0.5, 0.6) is 5.75 Å². The van der Waals surface area contributed by atoms with Gasteiger partial charge in [-0.1, -0.05) is 19.9 Å². The monoisotopic (exact) mass is 443 g/mol. The molecule has 0 aliphatic carbocycles. The highest BCUT2D eigenvalue weighted by atomic mass is 16.3. The molecule has 1 aliphatic rings. The number of aryl methyl sites for hydroxylation is 2. The quantitative estimate of drug-likeness (QED) is 0.498. The van der Waals surface area contributed by atoms with E-state index in [2.05, 4.69) is 50.3 Å². The lowest BCUT2D eigenvalue weighted by Crippen LogP contribution is -2.53. The van der Waals surface area contributed by atoms with Gasteiger partial charge >= 0.3 is 0 Å². The summed E-state index contributed by atoms with van der Waals surface area (Å²) in [5.41, 5.74) is 6.11. The number of hydrogen-bond donors (Lipinski definition) is 2. The van der Waals surface area contributed by atoms with Gasteiger partial charge in [-0.3, -0.25) is 0 Å². The molecule has 0 bridgehead atoms. The summed E-state index contributed by atoms with van der Waals surface area (Å²) in [7, 11) is 0. The zero-order valence-corrected chi connectivity index (χ0v) is 19.4. The highest BCUT2D eigenvalue weighted by Gasteiger charge is 2.23. The second-order valence-corrected chi connectivity index (χ2v) is 9.15. The number of phenols is 1. The van der Waals surface area contributed by atoms with Gasteiger partial charge in [-0.05, 0) is 54.7 Å². The molecule has 0 radical (unpaired) electrons. The Morgan fingerprint density at radius 3 is 2.67 bits per heavy atom. The van der Waals surface area contributed by atoms with Gasteiger partial charge in [0.15, 0.2) is 0 Å². The first-order chi connectivity index (χ1) is 15.9. The molecule has 1 saturated heterocycles. The number of fused-ring (bicyclic) bond motifs is 1. The molecule has 8 nitrogen and oxygen atoms in total. The molecule has 1 aliphatic heterocycles. The van der Waals surface area contributed by atoms with Crippen LogP contribution in [0.4, 0.5) is 5.95 Å². The molecule has 2 N–H and O–H groups in total. The van der Waals surface area contributed by atoms with Crippen molar-refractivity contribution in [2.24, 2.45) is 5.92 Å². The largest absolute Gasteiger partial charge is 0.507 e. The first-order valence-corrected chi connectivity index (χ1v) is 11.4. The Morgan fingerprint density at radius 1 is 1.09 bits per heavy atom. The van der Waals surface area contributed by atoms with Crippen molar-refractivity contribution < 1.29 is 5.11 Å². The van der Waals surface area contributed by atoms with E-state index in [0.717, 1.165) is 47.7 Å².